The van der Waals surface area contributed by atoms with Crippen molar-refractivity contribution in [2.45, 2.75) is 33.6 Å². The molecule has 0 unspecified atom stereocenters. The quantitative estimate of drug-likeness (QED) is 0.766. The van der Waals surface area contributed by atoms with Gasteiger partial charge in [-0.3, -0.25) is 14.3 Å². The Balaban J connectivity index is 2.46. The number of nitrogens with one attached hydrogen (secondary N) is 1. The molecule has 0 bridgehead atoms. The Morgan fingerprint density at radius 3 is 2.47 bits per heavy atom. The first-order chi connectivity index (χ1) is 7.91. The highest BCUT2D eigenvalue weighted by Crippen LogP contribution is 2.11. The fraction of sp³-hybridized carbons (Fsp3) is 0.583. The van der Waals surface area contributed by atoms with Gasteiger partial charge in [0.1, 0.15) is 5.78 Å². The molecule has 0 saturated carbocycles. The molecule has 0 radical (unpaired) electrons. The molecule has 1 heterocycles. The Hall–Kier alpha value is -1.65. The maximum Gasteiger partial charge on any atom is 0.227 e. The maximum absolute atomic E-state index is 11.3. The van der Waals surface area contributed by atoms with Crippen molar-refractivity contribution in [1.29, 1.82) is 0 Å². The summed E-state index contributed by atoms with van der Waals surface area (Å²) in [6, 6.07) is 0. The Morgan fingerprint density at radius 1 is 1.35 bits per heavy atom. The Kier molecular flexibility index (Phi) is 4.43. The summed E-state index contributed by atoms with van der Waals surface area (Å²) in [4.78, 5) is 22.0. The van der Waals surface area contributed by atoms with Crippen LogP contribution in [0.5, 0.6) is 0 Å². The third-order valence-electron chi connectivity index (χ3n) is 2.77. The van der Waals surface area contributed by atoms with Gasteiger partial charge >= 0.3 is 0 Å². The maximum atomic E-state index is 11.3. The van der Waals surface area contributed by atoms with Crippen LogP contribution in [0.4, 0.5) is 0 Å². The minimum absolute atomic E-state index is 0.0367. The van der Waals surface area contributed by atoms with Gasteiger partial charge in [0.2, 0.25) is 5.91 Å². The second-order valence-corrected chi connectivity index (χ2v) is 4.25. The van der Waals surface area contributed by atoms with E-state index < -0.39 is 0 Å². The normalized spacial score (nSPS) is 10.4. The van der Waals surface area contributed by atoms with Crippen LogP contribution in [-0.2, 0) is 23.1 Å². The van der Waals surface area contributed by atoms with Gasteiger partial charge in [-0.15, -0.1) is 0 Å². The zero-order chi connectivity index (χ0) is 13.0. The largest absolute Gasteiger partial charge is 0.355 e. The second kappa shape index (κ2) is 5.61. The van der Waals surface area contributed by atoms with Crippen molar-refractivity contribution in [2.75, 3.05) is 6.54 Å². The Bertz CT molecular complexity index is 435. The molecule has 5 nitrogen and oxygen atoms in total. The first-order valence-electron chi connectivity index (χ1n) is 5.67. The fourth-order valence-electron chi connectivity index (χ4n) is 1.79. The molecule has 0 aliphatic heterocycles. The van der Waals surface area contributed by atoms with E-state index >= 15 is 0 Å². The molecule has 94 valence electrons. The molecule has 0 aliphatic rings. The van der Waals surface area contributed by atoms with Crippen LogP contribution in [0.2, 0.25) is 0 Å². The molecule has 1 N–H and O–H groups in total. The van der Waals surface area contributed by atoms with Gasteiger partial charge in [-0.05, 0) is 32.8 Å². The lowest BCUT2D eigenvalue weighted by molar-refractivity contribution is -0.127. The third-order valence-corrected chi connectivity index (χ3v) is 2.77. The number of hydrogen-bond acceptors (Lipinski definition) is 3. The summed E-state index contributed by atoms with van der Waals surface area (Å²) in [6.07, 6.45) is 0.708. The predicted molar refractivity (Wildman–Crippen MR) is 64.7 cm³/mol. The van der Waals surface area contributed by atoms with Gasteiger partial charge in [-0.1, -0.05) is 0 Å². The smallest absolute Gasteiger partial charge is 0.227 e. The highest BCUT2D eigenvalue weighted by atomic mass is 16.2. The first-order valence-corrected chi connectivity index (χ1v) is 5.67. The highest BCUT2D eigenvalue weighted by molar-refractivity contribution is 5.96. The number of hydrogen-bond donors (Lipinski definition) is 1. The molecule has 1 aromatic rings. The molecule has 5 heteroatoms. The molecule has 1 aromatic heterocycles. The van der Waals surface area contributed by atoms with E-state index in [1.807, 2.05) is 25.6 Å². The van der Waals surface area contributed by atoms with E-state index in [0.717, 1.165) is 23.4 Å². The minimum atomic E-state index is -0.211. The lowest BCUT2D eigenvalue weighted by Crippen LogP contribution is -2.27. The van der Waals surface area contributed by atoms with Crippen LogP contribution >= 0.6 is 0 Å². The molecule has 0 fully saturated rings. The average Bonchev–Trinajstić information content (AvgIpc) is 2.43. The lowest BCUT2D eigenvalue weighted by atomic mass is 10.1. The average molecular weight is 237 g/mol. The molecular weight excluding hydrogens is 218 g/mol. The zero-order valence-corrected chi connectivity index (χ0v) is 10.8. The van der Waals surface area contributed by atoms with E-state index in [4.69, 9.17) is 0 Å². The van der Waals surface area contributed by atoms with Crippen molar-refractivity contribution in [3.05, 3.63) is 17.0 Å². The van der Waals surface area contributed by atoms with Gasteiger partial charge in [0, 0.05) is 19.3 Å². The minimum Gasteiger partial charge on any atom is -0.355 e. The van der Waals surface area contributed by atoms with E-state index in [2.05, 4.69) is 10.4 Å². The number of carbonyl (C=O) groups is 2. The zero-order valence-electron chi connectivity index (χ0n) is 10.8. The van der Waals surface area contributed by atoms with Gasteiger partial charge in [0.05, 0.1) is 12.1 Å². The summed E-state index contributed by atoms with van der Waals surface area (Å²) in [5.41, 5.74) is 3.27. The molecule has 1 rings (SSSR count). The molecule has 0 atom stereocenters. The number of nitrogens with zero attached hydrogens (tertiary/aromatic N) is 2. The number of aryl methyl sites for hydroxylation is 2. The molecule has 0 saturated heterocycles. The van der Waals surface area contributed by atoms with Gasteiger partial charge < -0.3 is 5.32 Å². The van der Waals surface area contributed by atoms with E-state index in [1.54, 1.807) is 0 Å². The number of ketones is 1. The molecule has 0 aliphatic carbocycles. The Morgan fingerprint density at radius 2 is 2.00 bits per heavy atom. The van der Waals surface area contributed by atoms with Crippen molar-refractivity contribution in [3.63, 3.8) is 0 Å². The van der Waals surface area contributed by atoms with Crippen molar-refractivity contribution in [3.8, 4) is 0 Å². The monoisotopic (exact) mass is 237 g/mol. The van der Waals surface area contributed by atoms with E-state index in [1.165, 1.54) is 6.92 Å². The summed E-state index contributed by atoms with van der Waals surface area (Å²) in [5, 5.41) is 7.04. The van der Waals surface area contributed by atoms with Crippen molar-refractivity contribution >= 4 is 11.7 Å². The number of amides is 1. The Labute approximate surface area is 101 Å². The number of Topliss-reactive ketones (excluding diaryl/α,β-unsaturated/α-hetero) is 1. The van der Waals surface area contributed by atoms with Gasteiger partial charge in [0.25, 0.3) is 0 Å². The molecule has 1 amide bonds. The van der Waals surface area contributed by atoms with Crippen LogP contribution in [0.1, 0.15) is 30.3 Å². The standard InChI is InChI=1S/C12H19N3O2/c1-8(16)7-12(17)13-6-5-11-9(2)14-15(4)10(11)3/h5-7H2,1-4H3,(H,13,17). The van der Waals surface area contributed by atoms with Crippen LogP contribution in [0.15, 0.2) is 0 Å². The van der Waals surface area contributed by atoms with Crippen LogP contribution in [-0.4, -0.2) is 28.0 Å². The number of aromatic nitrogens is 2. The van der Waals surface area contributed by atoms with Crippen LogP contribution in [0.25, 0.3) is 0 Å². The van der Waals surface area contributed by atoms with Crippen molar-refractivity contribution < 1.29 is 9.59 Å². The van der Waals surface area contributed by atoms with Crippen LogP contribution in [0, 0.1) is 13.8 Å². The van der Waals surface area contributed by atoms with E-state index in [9.17, 15) is 9.59 Å². The predicted octanol–water partition coefficient (Wildman–Crippen LogP) is 0.675. The first kappa shape index (κ1) is 13.4. The van der Waals surface area contributed by atoms with Crippen molar-refractivity contribution in [2.24, 2.45) is 7.05 Å². The van der Waals surface area contributed by atoms with E-state index in [0.29, 0.717) is 6.54 Å². The molecule has 0 aromatic carbocycles. The lowest BCUT2D eigenvalue weighted by Gasteiger charge is -2.04. The van der Waals surface area contributed by atoms with Crippen molar-refractivity contribution in [1.82, 2.24) is 15.1 Å². The molecule has 0 spiro atoms. The van der Waals surface area contributed by atoms with Crippen LogP contribution in [0.3, 0.4) is 0 Å². The fourth-order valence-corrected chi connectivity index (χ4v) is 1.79. The molecule has 17 heavy (non-hydrogen) atoms. The van der Waals surface area contributed by atoms with Crippen LogP contribution < -0.4 is 5.32 Å². The summed E-state index contributed by atoms with van der Waals surface area (Å²) < 4.78 is 1.84. The topological polar surface area (TPSA) is 64.0 Å². The summed E-state index contributed by atoms with van der Waals surface area (Å²) in [5.74, 6) is -0.326. The highest BCUT2D eigenvalue weighted by Gasteiger charge is 2.10. The SMILES string of the molecule is CC(=O)CC(=O)NCCc1c(C)nn(C)c1C. The second-order valence-electron chi connectivity index (χ2n) is 4.25. The molecular formula is C12H19N3O2. The summed E-state index contributed by atoms with van der Waals surface area (Å²) >= 11 is 0. The van der Waals surface area contributed by atoms with Gasteiger partial charge in [-0.25, -0.2) is 0 Å². The van der Waals surface area contributed by atoms with Gasteiger partial charge in [0.15, 0.2) is 0 Å². The van der Waals surface area contributed by atoms with E-state index in [-0.39, 0.29) is 18.1 Å². The summed E-state index contributed by atoms with van der Waals surface area (Å²) in [6.45, 7) is 5.92. The summed E-state index contributed by atoms with van der Waals surface area (Å²) in [7, 11) is 1.90. The number of carbonyl (C=O) groups excluding carboxylic acids is 2. The number of rotatable bonds is 5. The third kappa shape index (κ3) is 3.69. The van der Waals surface area contributed by atoms with Gasteiger partial charge in [-0.2, -0.15) is 5.10 Å².